The maximum atomic E-state index is 10.8. The molecule has 1 rings (SSSR count). The third-order valence-electron chi connectivity index (χ3n) is 5.64. The Morgan fingerprint density at radius 1 is 0.328 bits per heavy atom. The van der Waals surface area contributed by atoms with Crippen LogP contribution in [0.15, 0.2) is 75.4 Å². The number of carboxylic acid groups (broad SMARTS) is 9. The number of carboxylic acids is 9. The molecule has 0 radical (unpaired) electrons. The summed E-state index contributed by atoms with van der Waals surface area (Å²) in [7, 11) is 0. The van der Waals surface area contributed by atoms with Crippen LogP contribution in [0.3, 0.4) is 0 Å². The predicted octanol–water partition coefficient (Wildman–Crippen LogP) is -2.35. The number of aliphatic carboxylic acids is 5. The van der Waals surface area contributed by atoms with Crippen molar-refractivity contribution in [2.24, 2.45) is 10.8 Å². The molecule has 1 aromatic carbocycles. The molecule has 0 aliphatic heterocycles. The van der Waals surface area contributed by atoms with Gasteiger partial charge in [0.15, 0.2) is 0 Å². The Balaban J connectivity index is -0.000000117. The first-order valence-electron chi connectivity index (χ1n) is 15.3. The summed E-state index contributed by atoms with van der Waals surface area (Å²) >= 11 is 0. The maximum Gasteiger partial charge on any atom is 0.336 e. The molecule has 1 aromatic rings. The number of benzene rings is 1. The number of hydrogen-bond donors (Lipinski definition) is 17. The van der Waals surface area contributed by atoms with Crippen LogP contribution in [0.4, 0.5) is 0 Å². The molecule has 0 atom stereocenters. The third kappa shape index (κ3) is 39.4. The van der Waals surface area contributed by atoms with Crippen LogP contribution in [0.1, 0.15) is 41.4 Å². The van der Waals surface area contributed by atoms with Gasteiger partial charge in [-0.15, -0.1) is 0 Å². The normalized spacial score (nSPS) is 9.05. The summed E-state index contributed by atoms with van der Waals surface area (Å²) in [5.74, 6) is -11.5. The number of hydrogen-bond acceptors (Lipinski definition) is 17. The Bertz CT molecular complexity index is 1330. The van der Waals surface area contributed by atoms with Crippen molar-refractivity contribution in [3.8, 4) is 0 Å². The van der Waals surface area contributed by atoms with E-state index in [0.717, 1.165) is 30.4 Å². The van der Waals surface area contributed by atoms with Crippen LogP contribution in [0.25, 0.3) is 0 Å². The zero-order valence-electron chi connectivity index (χ0n) is 32.0. The summed E-state index contributed by atoms with van der Waals surface area (Å²) in [4.78, 5) is 89.4. The number of aromatic carboxylic acids is 4. The summed E-state index contributed by atoms with van der Waals surface area (Å²) in [5.41, 5.74) is -5.37. The number of rotatable bonds is 17. The van der Waals surface area contributed by atoms with E-state index < -0.39 is 140 Å². The van der Waals surface area contributed by atoms with E-state index in [9.17, 15) is 43.2 Å². The molecule has 0 saturated heterocycles. The van der Waals surface area contributed by atoms with Gasteiger partial charge in [-0.25, -0.2) is 43.2 Å². The van der Waals surface area contributed by atoms with Crippen LogP contribution in [0.5, 0.6) is 0 Å². The topological polar surface area (TPSA) is 498 Å². The van der Waals surface area contributed by atoms with Crippen molar-refractivity contribution in [1.29, 1.82) is 0 Å². The van der Waals surface area contributed by atoms with Crippen molar-refractivity contribution in [2.75, 3.05) is 52.9 Å². The van der Waals surface area contributed by atoms with E-state index in [2.05, 4.69) is 32.9 Å². The van der Waals surface area contributed by atoms with Crippen molar-refractivity contribution in [2.45, 2.75) is 0 Å². The molecule has 0 spiro atoms. The molecule has 26 heteroatoms. The fraction of sp³-hybridized carbons (Fsp3) is 0.286. The number of carbonyl (C=O) groups is 9. The van der Waals surface area contributed by atoms with Gasteiger partial charge in [-0.05, 0) is 12.1 Å². The molecule has 0 saturated carbocycles. The first-order valence-corrected chi connectivity index (χ1v) is 15.3. The Kier molecular flexibility index (Phi) is 46.1. The fourth-order valence-corrected chi connectivity index (χ4v) is 1.91. The molecule has 17 N–H and O–H groups in total. The Morgan fingerprint density at radius 2 is 0.426 bits per heavy atom. The van der Waals surface area contributed by atoms with E-state index in [-0.39, 0.29) is 0 Å². The second-order valence-electron chi connectivity index (χ2n) is 10.1. The molecule has 0 aliphatic carbocycles. The molecule has 0 unspecified atom stereocenters. The standard InChI is InChI=1S/C10H6O8.2C5H12O4.5C3H4O2/c11-7(12)3-1-4(8(13)14)6(10(17)18)2-5(3)9(15)16;2*6-1-5(2-7,3-8)4-9;5*1-2-3(4)5/h1-2H,(H,11,12)(H,13,14)(H,15,16)(H,17,18);2*6-9H,1-4H2;5*2H,1H2,(H,4,5). The second kappa shape index (κ2) is 41.0. The fourth-order valence-electron chi connectivity index (χ4n) is 1.91. The molecule has 0 bridgehead atoms. The predicted molar refractivity (Wildman–Crippen MR) is 205 cm³/mol. The van der Waals surface area contributed by atoms with E-state index in [0.29, 0.717) is 12.1 Å². The highest BCUT2D eigenvalue weighted by Gasteiger charge is 2.27. The lowest BCUT2D eigenvalue weighted by Crippen LogP contribution is -2.37. The summed E-state index contributed by atoms with van der Waals surface area (Å²) in [5, 5.41) is 141. The van der Waals surface area contributed by atoms with Gasteiger partial charge < -0.3 is 86.8 Å². The van der Waals surface area contributed by atoms with Gasteiger partial charge in [-0.2, -0.15) is 0 Å². The SMILES string of the molecule is C=CC(=O)O.C=CC(=O)O.C=CC(=O)O.C=CC(=O)O.C=CC(=O)O.O=C(O)c1cc(C(=O)O)c(C(=O)O)cc1C(=O)O.OCC(CO)(CO)CO.OCC(CO)(CO)CO. The number of aliphatic hydroxyl groups is 8. The van der Waals surface area contributed by atoms with Crippen molar-refractivity contribution in [1.82, 2.24) is 0 Å². The monoisotopic (exact) mass is 886 g/mol. The highest BCUT2D eigenvalue weighted by Crippen LogP contribution is 2.18. The van der Waals surface area contributed by atoms with Crippen LogP contribution >= 0.6 is 0 Å². The zero-order chi connectivity index (χ0) is 50.1. The number of aliphatic hydroxyl groups excluding tert-OH is 8. The maximum absolute atomic E-state index is 10.8. The van der Waals surface area contributed by atoms with Crippen molar-refractivity contribution in [3.63, 3.8) is 0 Å². The Morgan fingerprint density at radius 3 is 0.459 bits per heavy atom. The Hall–Kier alpha value is -7.17. The summed E-state index contributed by atoms with van der Waals surface area (Å²) in [6, 6.07) is 1.02. The molecule has 26 nitrogen and oxygen atoms in total. The summed E-state index contributed by atoms with van der Waals surface area (Å²) in [6.45, 7) is 11.6. The second-order valence-corrected chi connectivity index (χ2v) is 10.1. The van der Waals surface area contributed by atoms with Crippen LogP contribution in [-0.4, -0.2) is 193 Å². The van der Waals surface area contributed by atoms with Gasteiger partial charge in [-0.1, -0.05) is 32.9 Å². The van der Waals surface area contributed by atoms with Gasteiger partial charge in [-0.3, -0.25) is 0 Å². The van der Waals surface area contributed by atoms with E-state index in [4.69, 9.17) is 86.8 Å². The first kappa shape index (κ1) is 68.5. The average Bonchev–Trinajstić information content (AvgIpc) is 3.23. The van der Waals surface area contributed by atoms with E-state index >= 15 is 0 Å². The largest absolute Gasteiger partial charge is 0.478 e. The van der Waals surface area contributed by atoms with Crippen LogP contribution in [-0.2, 0) is 24.0 Å². The molecule has 61 heavy (non-hydrogen) atoms. The van der Waals surface area contributed by atoms with Crippen molar-refractivity contribution in [3.05, 3.63) is 97.7 Å². The third-order valence-corrected chi connectivity index (χ3v) is 5.64. The molecule has 0 amide bonds. The molecule has 0 aromatic heterocycles. The lowest BCUT2D eigenvalue weighted by Gasteiger charge is -2.23. The van der Waals surface area contributed by atoms with E-state index in [1.54, 1.807) is 0 Å². The summed E-state index contributed by atoms with van der Waals surface area (Å²) in [6.07, 6.45) is 4.17. The zero-order valence-corrected chi connectivity index (χ0v) is 32.0. The van der Waals surface area contributed by atoms with Gasteiger partial charge in [0.05, 0.1) is 85.9 Å². The highest BCUT2D eigenvalue weighted by atomic mass is 16.4. The van der Waals surface area contributed by atoms with Gasteiger partial charge in [0, 0.05) is 30.4 Å². The minimum absolute atomic E-state index is 0.406. The molecule has 0 aliphatic rings. The quantitative estimate of drug-likeness (QED) is 0.0728. The highest BCUT2D eigenvalue weighted by molar-refractivity contribution is 6.09. The minimum atomic E-state index is -1.66. The van der Waals surface area contributed by atoms with Crippen LogP contribution in [0, 0.1) is 10.8 Å². The molecule has 0 fully saturated rings. The van der Waals surface area contributed by atoms with Crippen LogP contribution in [0.2, 0.25) is 0 Å². The first-order chi connectivity index (χ1) is 28.1. The minimum Gasteiger partial charge on any atom is -0.478 e. The lowest BCUT2D eigenvalue weighted by atomic mass is 9.93. The van der Waals surface area contributed by atoms with E-state index in [1.807, 2.05) is 0 Å². The molecular weight excluding hydrogens is 836 g/mol. The van der Waals surface area contributed by atoms with Gasteiger partial charge in [0.25, 0.3) is 0 Å². The van der Waals surface area contributed by atoms with Gasteiger partial charge in [0.2, 0.25) is 0 Å². The summed E-state index contributed by atoms with van der Waals surface area (Å²) < 4.78 is 0. The van der Waals surface area contributed by atoms with Crippen molar-refractivity contribution < 1.29 is 130 Å². The average molecular weight is 887 g/mol. The molecule has 346 valence electrons. The Labute approximate surface area is 345 Å². The lowest BCUT2D eigenvalue weighted by molar-refractivity contribution is -0.132. The molecular formula is C35H50O26. The molecule has 0 heterocycles. The van der Waals surface area contributed by atoms with Crippen LogP contribution < -0.4 is 0 Å². The van der Waals surface area contributed by atoms with Crippen molar-refractivity contribution >= 4 is 53.7 Å². The smallest absolute Gasteiger partial charge is 0.336 e. The van der Waals surface area contributed by atoms with E-state index in [1.165, 1.54) is 0 Å². The van der Waals surface area contributed by atoms with Gasteiger partial charge in [0.1, 0.15) is 0 Å². The van der Waals surface area contributed by atoms with Gasteiger partial charge >= 0.3 is 53.7 Å².